The molecule has 0 heterocycles. The molecule has 1 aromatic carbocycles. The lowest BCUT2D eigenvalue weighted by molar-refractivity contribution is 0.540. The molecule has 0 unspecified atom stereocenters. The summed E-state index contributed by atoms with van der Waals surface area (Å²) in [5.41, 5.74) is 3.10. The summed E-state index contributed by atoms with van der Waals surface area (Å²) in [6.07, 6.45) is 0. The van der Waals surface area contributed by atoms with Crippen LogP contribution in [0.4, 0.5) is 5.69 Å². The summed E-state index contributed by atoms with van der Waals surface area (Å²) in [5, 5.41) is 11.6. The van der Waals surface area contributed by atoms with Gasteiger partial charge in [-0.15, -0.1) is 0 Å². The van der Waals surface area contributed by atoms with E-state index in [2.05, 4.69) is 0 Å². The van der Waals surface area contributed by atoms with Gasteiger partial charge in [0.15, 0.2) is 0 Å². The molecule has 2 heteroatoms. The second-order valence-corrected chi connectivity index (χ2v) is 3.64. The summed E-state index contributed by atoms with van der Waals surface area (Å²) in [6.45, 7) is 4.00. The van der Waals surface area contributed by atoms with Gasteiger partial charge in [0.2, 0.25) is 0 Å². The van der Waals surface area contributed by atoms with Crippen LogP contribution in [-0.4, -0.2) is 14.1 Å². The van der Waals surface area contributed by atoms with Crippen LogP contribution < -0.4 is 4.65 Å². The Bertz CT molecular complexity index is 286. The van der Waals surface area contributed by atoms with Crippen molar-refractivity contribution in [2.75, 3.05) is 14.1 Å². The Kier molecular flexibility index (Phi) is 2.22. The Hall–Kier alpha value is -0.860. The van der Waals surface area contributed by atoms with E-state index in [1.54, 1.807) is 14.1 Å². The van der Waals surface area contributed by atoms with Crippen LogP contribution in [0.25, 0.3) is 0 Å². The number of rotatable bonds is 1. The standard InChI is InChI=1S/C10H15NO/c1-8-5-6-10(9(2)7-8)11(3,4)12/h5-7H,1-4H3. The van der Waals surface area contributed by atoms with Gasteiger partial charge in [-0.1, -0.05) is 17.7 Å². The van der Waals surface area contributed by atoms with Gasteiger partial charge in [0.1, 0.15) is 5.69 Å². The van der Waals surface area contributed by atoms with Crippen molar-refractivity contribution >= 4 is 5.69 Å². The smallest absolute Gasteiger partial charge is 0.135 e. The van der Waals surface area contributed by atoms with E-state index in [1.165, 1.54) is 5.56 Å². The van der Waals surface area contributed by atoms with Crippen molar-refractivity contribution in [1.82, 2.24) is 4.65 Å². The quantitative estimate of drug-likeness (QED) is 0.463. The maximum atomic E-state index is 11.6. The lowest BCUT2D eigenvalue weighted by Gasteiger charge is -2.34. The molecule has 1 rings (SSSR count). The van der Waals surface area contributed by atoms with Gasteiger partial charge in [-0.3, -0.25) is 0 Å². The summed E-state index contributed by atoms with van der Waals surface area (Å²) in [7, 11) is 3.27. The molecule has 0 bridgehead atoms. The highest BCUT2D eigenvalue weighted by atomic mass is 16.5. The summed E-state index contributed by atoms with van der Waals surface area (Å²) >= 11 is 0. The largest absolute Gasteiger partial charge is 0.628 e. The first-order valence-electron chi connectivity index (χ1n) is 4.04. The lowest BCUT2D eigenvalue weighted by atomic mass is 10.1. The monoisotopic (exact) mass is 165 g/mol. The van der Waals surface area contributed by atoms with E-state index in [4.69, 9.17) is 0 Å². The van der Waals surface area contributed by atoms with E-state index >= 15 is 0 Å². The van der Waals surface area contributed by atoms with E-state index in [9.17, 15) is 5.21 Å². The van der Waals surface area contributed by atoms with Crippen molar-refractivity contribution in [3.63, 3.8) is 0 Å². The Labute approximate surface area is 73.6 Å². The molecule has 0 aliphatic carbocycles. The fraction of sp³-hybridized carbons (Fsp3) is 0.400. The van der Waals surface area contributed by atoms with Gasteiger partial charge in [0, 0.05) is 5.56 Å². The lowest BCUT2D eigenvalue weighted by Crippen LogP contribution is -2.33. The van der Waals surface area contributed by atoms with Gasteiger partial charge >= 0.3 is 0 Å². The zero-order valence-corrected chi connectivity index (χ0v) is 8.09. The van der Waals surface area contributed by atoms with Crippen molar-refractivity contribution in [3.05, 3.63) is 34.5 Å². The van der Waals surface area contributed by atoms with Crippen molar-refractivity contribution in [3.8, 4) is 0 Å². The van der Waals surface area contributed by atoms with Crippen LogP contribution in [0.2, 0.25) is 0 Å². The highest BCUT2D eigenvalue weighted by Crippen LogP contribution is 2.23. The van der Waals surface area contributed by atoms with Gasteiger partial charge < -0.3 is 9.85 Å². The van der Waals surface area contributed by atoms with E-state index in [0.717, 1.165) is 11.3 Å². The molecule has 0 aromatic heterocycles. The number of benzene rings is 1. The van der Waals surface area contributed by atoms with Crippen LogP contribution in [0, 0.1) is 19.1 Å². The van der Waals surface area contributed by atoms with Crippen molar-refractivity contribution in [1.29, 1.82) is 0 Å². The highest BCUT2D eigenvalue weighted by molar-refractivity contribution is 5.50. The molecule has 0 atom stereocenters. The van der Waals surface area contributed by atoms with Crippen LogP contribution in [0.15, 0.2) is 18.2 Å². The fourth-order valence-electron chi connectivity index (χ4n) is 1.41. The van der Waals surface area contributed by atoms with Crippen LogP contribution >= 0.6 is 0 Å². The van der Waals surface area contributed by atoms with E-state index in [0.29, 0.717) is 0 Å². The fourth-order valence-corrected chi connectivity index (χ4v) is 1.41. The summed E-state index contributed by atoms with van der Waals surface area (Å²) in [4.78, 5) is 0. The molecule has 0 N–H and O–H groups in total. The number of hydroxylamine groups is 2. The third kappa shape index (κ3) is 1.84. The molecule has 0 amide bonds. The zero-order chi connectivity index (χ0) is 9.35. The third-order valence-electron chi connectivity index (χ3n) is 1.93. The third-order valence-corrected chi connectivity index (χ3v) is 1.93. The van der Waals surface area contributed by atoms with Gasteiger partial charge in [-0.25, -0.2) is 0 Å². The van der Waals surface area contributed by atoms with Gasteiger partial charge in [-0.2, -0.15) is 0 Å². The first kappa shape index (κ1) is 9.23. The number of quaternary nitrogens is 1. The number of hydrogen-bond acceptors (Lipinski definition) is 1. The Balaban J connectivity index is 3.19. The van der Waals surface area contributed by atoms with Crippen molar-refractivity contribution in [2.24, 2.45) is 0 Å². The maximum Gasteiger partial charge on any atom is 0.135 e. The molecule has 0 saturated heterocycles. The first-order chi connectivity index (χ1) is 5.41. The normalized spacial score (nSPS) is 11.8. The maximum absolute atomic E-state index is 11.6. The molecule has 12 heavy (non-hydrogen) atoms. The SMILES string of the molecule is Cc1ccc([N+](C)(C)[O-])c(C)c1. The van der Waals surface area contributed by atoms with Crippen molar-refractivity contribution in [2.45, 2.75) is 13.8 Å². The second kappa shape index (κ2) is 2.88. The van der Waals surface area contributed by atoms with Crippen LogP contribution in [0.1, 0.15) is 11.1 Å². The van der Waals surface area contributed by atoms with Gasteiger partial charge in [0.25, 0.3) is 0 Å². The Morgan fingerprint density at radius 3 is 2.17 bits per heavy atom. The molecular weight excluding hydrogens is 150 g/mol. The predicted molar refractivity (Wildman–Crippen MR) is 52.9 cm³/mol. The van der Waals surface area contributed by atoms with Crippen LogP contribution in [0.5, 0.6) is 0 Å². The summed E-state index contributed by atoms with van der Waals surface area (Å²) in [6, 6.07) is 5.91. The Morgan fingerprint density at radius 1 is 1.17 bits per heavy atom. The molecular formula is C10H15NO. The molecule has 2 nitrogen and oxygen atoms in total. The summed E-state index contributed by atoms with van der Waals surface area (Å²) < 4.78 is -0.355. The second-order valence-electron chi connectivity index (χ2n) is 3.64. The van der Waals surface area contributed by atoms with E-state index < -0.39 is 0 Å². The first-order valence-corrected chi connectivity index (χ1v) is 4.04. The molecule has 1 aromatic rings. The Morgan fingerprint density at radius 2 is 1.75 bits per heavy atom. The predicted octanol–water partition coefficient (Wildman–Crippen LogP) is 2.37. The van der Waals surface area contributed by atoms with Gasteiger partial charge in [-0.05, 0) is 19.9 Å². The molecule has 0 saturated carbocycles. The number of hydrogen-bond donors (Lipinski definition) is 0. The molecule has 0 fully saturated rings. The van der Waals surface area contributed by atoms with Crippen molar-refractivity contribution < 1.29 is 0 Å². The average molecular weight is 165 g/mol. The minimum atomic E-state index is -0.355. The molecule has 66 valence electrons. The summed E-state index contributed by atoms with van der Waals surface area (Å²) in [5.74, 6) is 0. The van der Waals surface area contributed by atoms with Crippen LogP contribution in [0.3, 0.4) is 0 Å². The topological polar surface area (TPSA) is 23.1 Å². The molecule has 0 spiro atoms. The number of aryl methyl sites for hydroxylation is 2. The minimum Gasteiger partial charge on any atom is -0.628 e. The zero-order valence-electron chi connectivity index (χ0n) is 8.09. The molecule has 0 radical (unpaired) electrons. The molecule has 0 aliphatic heterocycles. The van der Waals surface area contributed by atoms with Gasteiger partial charge in [0.05, 0.1) is 14.1 Å². The minimum absolute atomic E-state index is 0.355. The molecule has 0 aliphatic rings. The van der Waals surface area contributed by atoms with E-state index in [1.807, 2.05) is 32.0 Å². The van der Waals surface area contributed by atoms with E-state index in [-0.39, 0.29) is 4.65 Å². The number of nitrogens with zero attached hydrogens (tertiary/aromatic N) is 1. The average Bonchev–Trinajstić information content (AvgIpc) is 1.83. The highest BCUT2D eigenvalue weighted by Gasteiger charge is 2.10. The van der Waals surface area contributed by atoms with Crippen LogP contribution in [-0.2, 0) is 0 Å².